The van der Waals surface area contributed by atoms with Gasteiger partial charge < -0.3 is 26.0 Å². The fraction of sp³-hybridized carbons (Fsp3) is 0.0370. The molecule has 4 rings (SSSR count). The average molecular weight is 517 g/mol. The van der Waals surface area contributed by atoms with Crippen molar-refractivity contribution in [3.63, 3.8) is 0 Å². The van der Waals surface area contributed by atoms with Crippen molar-refractivity contribution in [1.29, 1.82) is 0 Å². The Balaban J connectivity index is 1.35. The van der Waals surface area contributed by atoms with Gasteiger partial charge in [-0.05, 0) is 60.7 Å². The molecule has 38 heavy (non-hydrogen) atoms. The second-order valence-electron chi connectivity index (χ2n) is 7.79. The van der Waals surface area contributed by atoms with Gasteiger partial charge in [-0.25, -0.2) is 13.6 Å². The van der Waals surface area contributed by atoms with Crippen molar-refractivity contribution in [2.75, 3.05) is 23.0 Å². The molecule has 4 N–H and O–H groups in total. The van der Waals surface area contributed by atoms with Crippen LogP contribution in [0.4, 0.5) is 30.6 Å². The second kappa shape index (κ2) is 11.6. The van der Waals surface area contributed by atoms with E-state index >= 15 is 0 Å². The zero-order chi connectivity index (χ0) is 27.1. The van der Waals surface area contributed by atoms with E-state index in [4.69, 9.17) is 4.74 Å². The van der Waals surface area contributed by atoms with Crippen LogP contribution in [0.25, 0.3) is 0 Å². The molecule has 0 spiro atoms. The van der Waals surface area contributed by atoms with Crippen molar-refractivity contribution in [1.82, 2.24) is 10.3 Å². The summed E-state index contributed by atoms with van der Waals surface area (Å²) in [6, 6.07) is 18.3. The molecule has 0 fully saturated rings. The number of ether oxygens (including phenoxy) is 1. The number of urea groups is 1. The fourth-order valence-electron chi connectivity index (χ4n) is 3.35. The molecular formula is C27H21F2N5O4. The summed E-state index contributed by atoms with van der Waals surface area (Å²) in [4.78, 5) is 40.5. The molecule has 0 atom stereocenters. The van der Waals surface area contributed by atoms with Crippen molar-refractivity contribution >= 4 is 34.9 Å². The van der Waals surface area contributed by atoms with Gasteiger partial charge in [-0.15, -0.1) is 0 Å². The molecule has 11 heteroatoms. The maximum Gasteiger partial charge on any atom is 0.323 e. The predicted octanol–water partition coefficient (Wildman–Crippen LogP) is 5.41. The maximum atomic E-state index is 13.9. The van der Waals surface area contributed by atoms with E-state index in [0.717, 1.165) is 18.2 Å². The van der Waals surface area contributed by atoms with E-state index in [1.165, 1.54) is 31.4 Å². The highest BCUT2D eigenvalue weighted by atomic mass is 19.1. The van der Waals surface area contributed by atoms with E-state index < -0.39 is 29.1 Å². The van der Waals surface area contributed by atoms with E-state index in [9.17, 15) is 23.2 Å². The topological polar surface area (TPSA) is 121 Å². The van der Waals surface area contributed by atoms with Crippen LogP contribution in [-0.2, 0) is 0 Å². The quantitative estimate of drug-likeness (QED) is 0.261. The summed E-state index contributed by atoms with van der Waals surface area (Å²) in [5.41, 5.74) is 0.538. The van der Waals surface area contributed by atoms with Crippen LogP contribution in [0.5, 0.6) is 11.5 Å². The summed E-state index contributed by atoms with van der Waals surface area (Å²) in [6.45, 7) is 0. The molecule has 192 valence electrons. The molecule has 0 saturated heterocycles. The molecule has 1 aromatic heterocycles. The second-order valence-corrected chi connectivity index (χ2v) is 7.79. The molecule has 3 aromatic carbocycles. The smallest absolute Gasteiger partial charge is 0.323 e. The fourth-order valence-corrected chi connectivity index (χ4v) is 3.35. The van der Waals surface area contributed by atoms with Crippen molar-refractivity contribution in [3.8, 4) is 11.5 Å². The lowest BCUT2D eigenvalue weighted by molar-refractivity contribution is 0.0956. The molecule has 0 unspecified atom stereocenters. The van der Waals surface area contributed by atoms with Gasteiger partial charge in [0.1, 0.15) is 34.4 Å². The Labute approximate surface area is 215 Å². The third-order valence-electron chi connectivity index (χ3n) is 5.11. The highest BCUT2D eigenvalue weighted by Crippen LogP contribution is 2.24. The minimum atomic E-state index is -0.984. The number of halogens is 2. The van der Waals surface area contributed by atoms with Crippen molar-refractivity contribution < 1.29 is 27.9 Å². The van der Waals surface area contributed by atoms with Crippen molar-refractivity contribution in [3.05, 3.63) is 108 Å². The van der Waals surface area contributed by atoms with Crippen LogP contribution in [0.15, 0.2) is 85.1 Å². The SMILES string of the molecule is CNC(=O)c1cc(Oc2ccc(NC(=O)Nc3cccc(NC(=O)c4c(F)cccc4F)c3)cc2)ccn1. The summed E-state index contributed by atoms with van der Waals surface area (Å²) in [5, 5.41) is 10.2. The first-order chi connectivity index (χ1) is 18.3. The Morgan fingerprint density at radius 2 is 1.34 bits per heavy atom. The van der Waals surface area contributed by atoms with Crippen LogP contribution in [0, 0.1) is 11.6 Å². The van der Waals surface area contributed by atoms with Gasteiger partial charge in [0.25, 0.3) is 11.8 Å². The molecule has 0 aliphatic carbocycles. The lowest BCUT2D eigenvalue weighted by Gasteiger charge is -2.11. The van der Waals surface area contributed by atoms with Crippen LogP contribution in [0.2, 0.25) is 0 Å². The lowest BCUT2D eigenvalue weighted by atomic mass is 10.1. The third-order valence-corrected chi connectivity index (χ3v) is 5.11. The van der Waals surface area contributed by atoms with E-state index in [1.54, 1.807) is 42.5 Å². The molecule has 1 heterocycles. The third kappa shape index (κ3) is 6.46. The zero-order valence-electron chi connectivity index (χ0n) is 19.9. The largest absolute Gasteiger partial charge is 0.457 e. The van der Waals surface area contributed by atoms with Crippen LogP contribution in [0.1, 0.15) is 20.8 Å². The van der Waals surface area contributed by atoms with Gasteiger partial charge in [0.2, 0.25) is 0 Å². The summed E-state index contributed by atoms with van der Waals surface area (Å²) < 4.78 is 33.5. The van der Waals surface area contributed by atoms with Gasteiger partial charge >= 0.3 is 6.03 Å². The van der Waals surface area contributed by atoms with E-state index in [-0.39, 0.29) is 17.3 Å². The summed E-state index contributed by atoms with van der Waals surface area (Å²) in [5.74, 6) is -2.38. The number of amides is 4. The summed E-state index contributed by atoms with van der Waals surface area (Å²) in [7, 11) is 1.50. The molecule has 4 amide bonds. The molecule has 4 aromatic rings. The normalized spacial score (nSPS) is 10.3. The zero-order valence-corrected chi connectivity index (χ0v) is 19.9. The number of nitrogens with zero attached hydrogens (tertiary/aromatic N) is 1. The molecule has 0 aliphatic rings. The predicted molar refractivity (Wildman–Crippen MR) is 138 cm³/mol. The standard InChI is InChI=1S/C27H21F2N5O4/c1-30-25(35)23-15-20(12-13-31-23)38-19-10-8-16(9-11-19)33-27(37)34-18-5-2-4-17(14-18)32-26(36)24-21(28)6-3-7-22(24)29/h2-15H,1H3,(H,30,35)(H,32,36)(H2,33,34,37). The number of carbonyl (C=O) groups excluding carboxylic acids is 3. The van der Waals surface area contributed by atoms with Crippen LogP contribution >= 0.6 is 0 Å². The number of rotatable bonds is 7. The van der Waals surface area contributed by atoms with Gasteiger partial charge in [-0.2, -0.15) is 0 Å². The number of anilines is 3. The highest BCUT2D eigenvalue weighted by molar-refractivity contribution is 6.05. The van der Waals surface area contributed by atoms with Gasteiger partial charge in [0.05, 0.1) is 0 Å². The summed E-state index contributed by atoms with van der Waals surface area (Å²) in [6.07, 6.45) is 1.46. The van der Waals surface area contributed by atoms with Gasteiger partial charge in [0, 0.05) is 36.4 Å². The van der Waals surface area contributed by atoms with Gasteiger partial charge in [-0.1, -0.05) is 12.1 Å². The Hall–Kier alpha value is -5.32. The Kier molecular flexibility index (Phi) is 7.87. The van der Waals surface area contributed by atoms with Gasteiger partial charge in [-0.3, -0.25) is 14.6 Å². The number of pyridine rings is 1. The Bertz CT molecular complexity index is 1480. The van der Waals surface area contributed by atoms with Gasteiger partial charge in [0.15, 0.2) is 0 Å². The number of aromatic nitrogens is 1. The van der Waals surface area contributed by atoms with E-state index in [2.05, 4.69) is 26.3 Å². The summed E-state index contributed by atoms with van der Waals surface area (Å²) >= 11 is 0. The number of hydrogen-bond donors (Lipinski definition) is 4. The number of nitrogens with one attached hydrogen (secondary N) is 4. The first-order valence-electron chi connectivity index (χ1n) is 11.2. The molecule has 9 nitrogen and oxygen atoms in total. The Morgan fingerprint density at radius 1 is 0.711 bits per heavy atom. The first-order valence-corrected chi connectivity index (χ1v) is 11.2. The van der Waals surface area contributed by atoms with Crippen molar-refractivity contribution in [2.45, 2.75) is 0 Å². The van der Waals surface area contributed by atoms with E-state index in [0.29, 0.717) is 22.9 Å². The average Bonchev–Trinajstić information content (AvgIpc) is 2.89. The molecule has 0 bridgehead atoms. The van der Waals surface area contributed by atoms with Crippen LogP contribution in [-0.4, -0.2) is 29.9 Å². The molecule has 0 aliphatic heterocycles. The van der Waals surface area contributed by atoms with Crippen LogP contribution < -0.4 is 26.0 Å². The monoisotopic (exact) mass is 517 g/mol. The minimum absolute atomic E-state index is 0.211. The highest BCUT2D eigenvalue weighted by Gasteiger charge is 2.17. The van der Waals surface area contributed by atoms with Crippen molar-refractivity contribution in [2.24, 2.45) is 0 Å². The first kappa shape index (κ1) is 25.8. The Morgan fingerprint density at radius 3 is 2.03 bits per heavy atom. The van der Waals surface area contributed by atoms with E-state index in [1.807, 2.05) is 0 Å². The lowest BCUT2D eigenvalue weighted by Crippen LogP contribution is -2.20. The number of hydrogen-bond acceptors (Lipinski definition) is 5. The molecule has 0 radical (unpaired) electrons. The minimum Gasteiger partial charge on any atom is -0.457 e. The molecular weight excluding hydrogens is 496 g/mol. The van der Waals surface area contributed by atoms with Crippen LogP contribution in [0.3, 0.4) is 0 Å². The molecule has 0 saturated carbocycles. The number of benzene rings is 3. The number of carbonyl (C=O) groups is 3. The maximum absolute atomic E-state index is 13.9.